The molecule has 3 fully saturated rings. The first-order valence-corrected chi connectivity index (χ1v) is 20.2. The van der Waals surface area contributed by atoms with Crippen molar-refractivity contribution in [2.75, 3.05) is 51.6 Å². The number of piperidine rings is 3. The van der Waals surface area contributed by atoms with Crippen molar-refractivity contribution in [1.82, 2.24) is 14.7 Å². The number of carbonyl (C=O) groups is 2. The lowest BCUT2D eigenvalue weighted by atomic mass is 9.78. The molecule has 0 saturated carbocycles. The molecule has 1 atom stereocenters. The number of benzene rings is 1. The Hall–Kier alpha value is -1.42. The van der Waals surface area contributed by atoms with Gasteiger partial charge in [-0.1, -0.05) is 72.9 Å². The minimum Gasteiger partial charge on any atom is -0.351 e. The number of hydrogen-bond acceptors (Lipinski definition) is 4. The molecule has 0 bridgehead atoms. The van der Waals surface area contributed by atoms with Crippen LogP contribution in [-0.4, -0.2) is 84.5 Å². The van der Waals surface area contributed by atoms with Gasteiger partial charge >= 0.3 is 6.03 Å². The first-order chi connectivity index (χ1) is 22.7. The van der Waals surface area contributed by atoms with Crippen LogP contribution < -0.4 is 5.73 Å². The second-order valence-corrected chi connectivity index (χ2v) is 14.4. The molecule has 4 aliphatic rings. The summed E-state index contributed by atoms with van der Waals surface area (Å²) in [5, 5.41) is 1.67. The van der Waals surface area contributed by atoms with Gasteiger partial charge in [-0.15, -0.1) is 0 Å². The van der Waals surface area contributed by atoms with Crippen molar-refractivity contribution in [1.29, 1.82) is 0 Å². The summed E-state index contributed by atoms with van der Waals surface area (Å²) in [5.41, 5.74) is 9.63. The Morgan fingerprint density at radius 1 is 0.915 bits per heavy atom. The highest BCUT2D eigenvalue weighted by atomic mass is 79.9. The maximum atomic E-state index is 13.0. The van der Waals surface area contributed by atoms with Gasteiger partial charge in [0.25, 0.3) is 0 Å². The van der Waals surface area contributed by atoms with Crippen molar-refractivity contribution < 1.29 is 9.59 Å². The minimum atomic E-state index is -0.341. The second kappa shape index (κ2) is 22.3. The Morgan fingerprint density at radius 2 is 1.47 bits per heavy atom. The summed E-state index contributed by atoms with van der Waals surface area (Å²) in [7, 11) is 1.75. The molecule has 3 heterocycles. The number of fused-ring (bicyclic) bond motifs is 1. The Balaban J connectivity index is 0.000000769. The van der Waals surface area contributed by atoms with Crippen LogP contribution in [0.4, 0.5) is 4.79 Å². The van der Waals surface area contributed by atoms with Crippen molar-refractivity contribution in [3.63, 3.8) is 0 Å². The van der Waals surface area contributed by atoms with Crippen LogP contribution in [0.15, 0.2) is 33.2 Å². The molecule has 1 aromatic rings. The molecule has 0 aromatic heterocycles. The molecule has 7 nitrogen and oxygen atoms in total. The van der Waals surface area contributed by atoms with Crippen LogP contribution >= 0.6 is 43.5 Å². The Kier molecular flexibility index (Phi) is 19.8. The molecule has 3 aliphatic heterocycles. The fraction of sp³-hybridized carbons (Fsp3) is 0.703. The molecular formula is C37H60Br2ClN5O2. The molecule has 3 amide bonds. The smallest absolute Gasteiger partial charge is 0.314 e. The average Bonchev–Trinajstić information content (AvgIpc) is 3.28. The third-order valence-electron chi connectivity index (χ3n) is 9.93. The van der Waals surface area contributed by atoms with E-state index in [1.54, 1.807) is 18.2 Å². The SMILES string of the molecule is CC.CC.CC1=CC(N2CCC(C3CCN(C(=O)CC4CCN(C(N)=O)CC4)CC3)CC2)c2ccc(Cl)c(Br)c2CC1.CN=CCBr. The topological polar surface area (TPSA) is 82.2 Å². The van der Waals surface area contributed by atoms with Crippen LogP contribution in [0.3, 0.4) is 0 Å². The number of carbonyl (C=O) groups excluding carboxylic acids is 2. The first-order valence-electron chi connectivity index (χ1n) is 17.9. The van der Waals surface area contributed by atoms with Gasteiger partial charge in [0.15, 0.2) is 0 Å². The Labute approximate surface area is 307 Å². The molecule has 3 saturated heterocycles. The fourth-order valence-corrected chi connectivity index (χ4v) is 8.32. The van der Waals surface area contributed by atoms with Crippen LogP contribution in [0.2, 0.25) is 5.02 Å². The molecule has 47 heavy (non-hydrogen) atoms. The quantitative estimate of drug-likeness (QED) is 0.183. The van der Waals surface area contributed by atoms with Crippen LogP contribution in [0, 0.1) is 17.8 Å². The van der Waals surface area contributed by atoms with E-state index < -0.39 is 0 Å². The molecule has 5 rings (SSSR count). The van der Waals surface area contributed by atoms with Crippen LogP contribution in [0.5, 0.6) is 0 Å². The van der Waals surface area contributed by atoms with Gasteiger partial charge in [-0.25, -0.2) is 4.79 Å². The summed E-state index contributed by atoms with van der Waals surface area (Å²) >= 11 is 13.4. The summed E-state index contributed by atoms with van der Waals surface area (Å²) in [4.78, 5) is 34.5. The lowest BCUT2D eigenvalue weighted by Gasteiger charge is -2.42. The number of halogens is 3. The molecule has 10 heteroatoms. The lowest BCUT2D eigenvalue weighted by molar-refractivity contribution is -0.134. The predicted molar refractivity (Wildman–Crippen MR) is 207 cm³/mol. The molecule has 2 N–H and O–H groups in total. The van der Waals surface area contributed by atoms with E-state index in [0.29, 0.717) is 37.4 Å². The van der Waals surface area contributed by atoms with E-state index >= 15 is 0 Å². The van der Waals surface area contributed by atoms with E-state index in [-0.39, 0.29) is 6.03 Å². The van der Waals surface area contributed by atoms with Crippen LogP contribution in [-0.2, 0) is 11.2 Å². The van der Waals surface area contributed by atoms with E-state index in [1.807, 2.05) is 33.8 Å². The Bertz CT molecular complexity index is 1160. The highest BCUT2D eigenvalue weighted by Crippen LogP contribution is 2.41. The number of allylic oxidation sites excluding steroid dienone is 1. The Morgan fingerprint density at radius 3 is 1.98 bits per heavy atom. The largest absolute Gasteiger partial charge is 0.351 e. The molecule has 0 radical (unpaired) electrons. The molecular weight excluding hydrogens is 742 g/mol. The number of alkyl halides is 1. The van der Waals surface area contributed by atoms with Crippen molar-refractivity contribution in [2.45, 2.75) is 98.4 Å². The zero-order valence-corrected chi connectivity index (χ0v) is 33.7. The van der Waals surface area contributed by atoms with Crippen molar-refractivity contribution >= 4 is 61.6 Å². The monoisotopic (exact) mass is 799 g/mol. The number of nitrogens with two attached hydrogens (primary N) is 1. The lowest BCUT2D eigenvalue weighted by Crippen LogP contribution is -2.45. The summed E-state index contributed by atoms with van der Waals surface area (Å²) in [5.74, 6) is 2.17. The number of nitrogens with zero attached hydrogens (tertiary/aromatic N) is 4. The number of aliphatic imine (C=N–C) groups is 1. The number of primary amides is 1. The summed E-state index contributed by atoms with van der Waals surface area (Å²) in [6.07, 6.45) is 13.5. The molecule has 1 unspecified atom stereocenters. The van der Waals surface area contributed by atoms with Gasteiger partial charge in [0.2, 0.25) is 5.91 Å². The fourth-order valence-electron chi connectivity index (χ4n) is 7.30. The van der Waals surface area contributed by atoms with E-state index in [1.165, 1.54) is 29.5 Å². The van der Waals surface area contributed by atoms with E-state index in [9.17, 15) is 9.59 Å². The van der Waals surface area contributed by atoms with E-state index in [0.717, 1.165) is 91.4 Å². The summed E-state index contributed by atoms with van der Waals surface area (Å²) < 4.78 is 1.07. The second-order valence-electron chi connectivity index (χ2n) is 12.5. The van der Waals surface area contributed by atoms with Crippen molar-refractivity contribution in [2.24, 2.45) is 28.5 Å². The first kappa shape index (κ1) is 41.7. The van der Waals surface area contributed by atoms with Gasteiger partial charge < -0.3 is 15.5 Å². The number of rotatable bonds is 5. The van der Waals surface area contributed by atoms with Gasteiger partial charge in [-0.05, 0) is 122 Å². The maximum Gasteiger partial charge on any atom is 0.314 e. The van der Waals surface area contributed by atoms with Gasteiger partial charge in [-0.2, -0.15) is 0 Å². The number of hydrogen-bond donors (Lipinski definition) is 1. The van der Waals surface area contributed by atoms with Crippen molar-refractivity contribution in [3.05, 3.63) is 44.4 Å². The molecule has 0 spiro atoms. The normalized spacial score (nSPS) is 21.2. The van der Waals surface area contributed by atoms with Crippen molar-refractivity contribution in [3.8, 4) is 0 Å². The number of urea groups is 1. The third kappa shape index (κ3) is 12.4. The number of likely N-dealkylation sites (tertiary alicyclic amines) is 3. The van der Waals surface area contributed by atoms with Crippen LogP contribution in [0.1, 0.15) is 103 Å². The van der Waals surface area contributed by atoms with Crippen LogP contribution in [0.25, 0.3) is 0 Å². The standard InChI is InChI=1S/C30H42BrClN4O2.C3H6BrN.2C2H6/c1-20-2-3-25-24(4-5-26(32)29(25)31)27(18-20)34-14-8-22(9-15-34)23-10-16-35(17-11-23)28(37)19-21-6-12-36(13-7-21)30(33)38;1-5-3-2-4;2*1-2/h4-5,18,21-23,27H,2-3,6-17,19H2,1H3,(H2,33,38);3H,2H2,1H3;2*1-2H3. The van der Waals surface area contributed by atoms with Gasteiger partial charge in [0.1, 0.15) is 0 Å². The van der Waals surface area contributed by atoms with Gasteiger partial charge in [0.05, 0.1) is 11.1 Å². The van der Waals surface area contributed by atoms with Gasteiger partial charge in [-0.3, -0.25) is 14.7 Å². The average molecular weight is 802 g/mol. The van der Waals surface area contributed by atoms with Gasteiger partial charge in [0, 0.05) is 55.7 Å². The molecule has 266 valence electrons. The zero-order valence-electron chi connectivity index (χ0n) is 29.7. The molecule has 1 aromatic carbocycles. The highest BCUT2D eigenvalue weighted by molar-refractivity contribution is 9.10. The summed E-state index contributed by atoms with van der Waals surface area (Å²) in [6.45, 7) is 15.7. The number of amides is 3. The van der Waals surface area contributed by atoms with E-state index in [4.69, 9.17) is 17.3 Å². The van der Waals surface area contributed by atoms with E-state index in [2.05, 4.69) is 65.7 Å². The minimum absolute atomic E-state index is 0.302. The summed E-state index contributed by atoms with van der Waals surface area (Å²) in [6, 6.07) is 4.27. The maximum absolute atomic E-state index is 13.0. The predicted octanol–water partition coefficient (Wildman–Crippen LogP) is 9.30. The third-order valence-corrected chi connectivity index (χ3v) is 11.7. The highest BCUT2D eigenvalue weighted by Gasteiger charge is 2.34. The zero-order chi connectivity index (χ0) is 34.9. The molecule has 1 aliphatic carbocycles.